The van der Waals surface area contributed by atoms with Gasteiger partial charge in [-0.2, -0.15) is 0 Å². The van der Waals surface area contributed by atoms with Gasteiger partial charge in [0.2, 0.25) is 0 Å². The molecule has 0 saturated carbocycles. The van der Waals surface area contributed by atoms with Gasteiger partial charge in [-0.25, -0.2) is 0 Å². The third-order valence-electron chi connectivity index (χ3n) is 5.81. The van der Waals surface area contributed by atoms with Crippen LogP contribution < -0.4 is 0 Å². The maximum Gasteiger partial charge on any atom is 0.308 e. The predicted octanol–water partition coefficient (Wildman–Crippen LogP) is 3.45. The Balaban J connectivity index is 1.45. The van der Waals surface area contributed by atoms with Crippen molar-refractivity contribution in [3.8, 4) is 0 Å². The molecule has 5 heteroatoms. The third-order valence-corrected chi connectivity index (χ3v) is 5.81. The van der Waals surface area contributed by atoms with Crippen LogP contribution in [-0.4, -0.2) is 41.3 Å². The number of hydrogen-bond donors (Lipinski definition) is 1. The largest absolute Gasteiger partial charge is 0.481 e. The number of aliphatic carboxylic acids is 1. The van der Waals surface area contributed by atoms with Crippen LogP contribution in [0.25, 0.3) is 11.0 Å². The van der Waals surface area contributed by atoms with E-state index in [1.807, 2.05) is 12.1 Å². The van der Waals surface area contributed by atoms with Gasteiger partial charge in [0.05, 0.1) is 18.1 Å². The molecule has 1 N–H and O–H groups in total. The number of piperidine rings is 1. The first-order valence-corrected chi connectivity index (χ1v) is 9.18. The van der Waals surface area contributed by atoms with E-state index in [1.165, 1.54) is 10.9 Å². The van der Waals surface area contributed by atoms with E-state index in [0.717, 1.165) is 50.2 Å². The molecule has 134 valence electrons. The number of carboxylic acid groups (broad SMARTS) is 1. The first-order valence-electron chi connectivity index (χ1n) is 9.18. The number of hydrogen-bond acceptors (Lipinski definition) is 4. The molecule has 5 nitrogen and oxygen atoms in total. The Hall–Kier alpha value is -1.85. The molecule has 25 heavy (non-hydrogen) atoms. The number of likely N-dealkylation sites (tertiary alicyclic amines) is 1. The summed E-state index contributed by atoms with van der Waals surface area (Å²) in [4.78, 5) is 13.6. The van der Waals surface area contributed by atoms with Crippen molar-refractivity contribution >= 4 is 16.9 Å². The number of carboxylic acids is 1. The molecule has 1 spiro atoms. The molecular formula is C20H25NO4. The Morgan fingerprint density at radius 1 is 1.32 bits per heavy atom. The van der Waals surface area contributed by atoms with E-state index < -0.39 is 5.97 Å². The van der Waals surface area contributed by atoms with Crippen LogP contribution in [-0.2, 0) is 22.5 Å². The Labute approximate surface area is 147 Å². The molecule has 2 fully saturated rings. The summed E-state index contributed by atoms with van der Waals surface area (Å²) in [5.74, 6) is 0.0114. The number of furan rings is 1. The van der Waals surface area contributed by atoms with E-state index in [-0.39, 0.29) is 11.5 Å². The smallest absolute Gasteiger partial charge is 0.308 e. The number of fused-ring (bicyclic) bond motifs is 1. The van der Waals surface area contributed by atoms with E-state index in [2.05, 4.69) is 24.0 Å². The highest BCUT2D eigenvalue weighted by molar-refractivity contribution is 5.82. The number of ether oxygens (including phenoxy) is 1. The summed E-state index contributed by atoms with van der Waals surface area (Å²) < 4.78 is 11.9. The van der Waals surface area contributed by atoms with E-state index in [1.54, 1.807) is 0 Å². The molecule has 2 aromatic rings. The van der Waals surface area contributed by atoms with E-state index in [0.29, 0.717) is 13.0 Å². The first kappa shape index (κ1) is 16.6. The number of rotatable bonds is 4. The zero-order valence-corrected chi connectivity index (χ0v) is 14.7. The highest BCUT2D eigenvalue weighted by Crippen LogP contribution is 2.39. The molecule has 2 saturated heterocycles. The molecule has 0 bridgehead atoms. The summed E-state index contributed by atoms with van der Waals surface area (Å²) in [5, 5.41) is 10.4. The molecule has 1 aromatic heterocycles. The maximum absolute atomic E-state index is 11.2. The number of nitrogens with zero attached hydrogens (tertiary/aromatic N) is 1. The third kappa shape index (κ3) is 3.07. The van der Waals surface area contributed by atoms with Gasteiger partial charge in [0, 0.05) is 37.0 Å². The van der Waals surface area contributed by atoms with Crippen LogP contribution in [0.3, 0.4) is 0 Å². The lowest BCUT2D eigenvalue weighted by Crippen LogP contribution is -2.43. The molecule has 0 aliphatic carbocycles. The number of para-hydroxylation sites is 1. The molecule has 1 unspecified atom stereocenters. The minimum Gasteiger partial charge on any atom is -0.481 e. The fraction of sp³-hybridized carbons (Fsp3) is 0.550. The zero-order chi connectivity index (χ0) is 17.4. The average molecular weight is 343 g/mol. The second-order valence-corrected chi connectivity index (χ2v) is 7.36. The van der Waals surface area contributed by atoms with Crippen molar-refractivity contribution in [2.24, 2.45) is 5.92 Å². The predicted molar refractivity (Wildman–Crippen MR) is 94.5 cm³/mol. The normalized spacial score (nSPS) is 23.5. The first-order chi connectivity index (χ1) is 12.1. The van der Waals surface area contributed by atoms with Crippen LogP contribution in [0.4, 0.5) is 0 Å². The van der Waals surface area contributed by atoms with Crippen LogP contribution in [0.5, 0.6) is 0 Å². The molecular weight excluding hydrogens is 318 g/mol. The fourth-order valence-corrected chi connectivity index (χ4v) is 4.30. The minimum absolute atomic E-state index is 0.217. The summed E-state index contributed by atoms with van der Waals surface area (Å²) in [5.41, 5.74) is 2.04. The molecule has 0 radical (unpaired) electrons. The van der Waals surface area contributed by atoms with Crippen molar-refractivity contribution in [3.63, 3.8) is 0 Å². The molecule has 1 aromatic carbocycles. The maximum atomic E-state index is 11.2. The molecule has 0 amide bonds. The molecule has 1 atom stereocenters. The van der Waals surface area contributed by atoms with Gasteiger partial charge < -0.3 is 14.3 Å². The SMILES string of the molecule is CCc1oc2ccccc2c1CN1CCC2(CC1)CC(C(=O)O)CO2. The van der Waals surface area contributed by atoms with Crippen LogP contribution in [0.2, 0.25) is 0 Å². The second-order valence-electron chi connectivity index (χ2n) is 7.36. The van der Waals surface area contributed by atoms with Gasteiger partial charge in [-0.05, 0) is 25.3 Å². The Morgan fingerprint density at radius 2 is 2.08 bits per heavy atom. The molecule has 3 heterocycles. The van der Waals surface area contributed by atoms with Crippen molar-refractivity contribution in [1.29, 1.82) is 0 Å². The van der Waals surface area contributed by atoms with Crippen molar-refractivity contribution in [2.75, 3.05) is 19.7 Å². The summed E-state index contributed by atoms with van der Waals surface area (Å²) >= 11 is 0. The Bertz CT molecular complexity index is 773. The summed E-state index contributed by atoms with van der Waals surface area (Å²) in [7, 11) is 0. The van der Waals surface area contributed by atoms with E-state index >= 15 is 0 Å². The molecule has 4 rings (SSSR count). The number of benzene rings is 1. The molecule has 2 aliphatic rings. The molecule has 2 aliphatic heterocycles. The highest BCUT2D eigenvalue weighted by Gasteiger charge is 2.45. The zero-order valence-electron chi connectivity index (χ0n) is 14.7. The van der Waals surface area contributed by atoms with Crippen LogP contribution in [0.15, 0.2) is 28.7 Å². The van der Waals surface area contributed by atoms with Gasteiger partial charge >= 0.3 is 5.97 Å². The second kappa shape index (κ2) is 6.46. The lowest BCUT2D eigenvalue weighted by molar-refractivity contribution is -0.141. The van der Waals surface area contributed by atoms with Crippen LogP contribution in [0.1, 0.15) is 37.5 Å². The lowest BCUT2D eigenvalue weighted by atomic mass is 9.85. The summed E-state index contributed by atoms with van der Waals surface area (Å²) in [6, 6.07) is 8.23. The van der Waals surface area contributed by atoms with Gasteiger partial charge in [0.1, 0.15) is 11.3 Å². The van der Waals surface area contributed by atoms with Crippen LogP contribution in [0, 0.1) is 5.92 Å². The Morgan fingerprint density at radius 3 is 2.76 bits per heavy atom. The van der Waals surface area contributed by atoms with Crippen molar-refractivity contribution in [3.05, 3.63) is 35.6 Å². The highest BCUT2D eigenvalue weighted by atomic mass is 16.5. The van der Waals surface area contributed by atoms with Crippen molar-refractivity contribution in [1.82, 2.24) is 4.90 Å². The minimum atomic E-state index is -0.725. The topological polar surface area (TPSA) is 62.9 Å². The summed E-state index contributed by atoms with van der Waals surface area (Å²) in [6.07, 6.45) is 3.37. The van der Waals surface area contributed by atoms with Crippen LogP contribution >= 0.6 is 0 Å². The lowest BCUT2D eigenvalue weighted by Gasteiger charge is -2.38. The fourth-order valence-electron chi connectivity index (χ4n) is 4.30. The standard InChI is InChI=1S/C20H25NO4/c1-2-17-16(15-5-3-4-6-18(15)25-17)12-21-9-7-20(8-10-21)11-14(13-24-20)19(22)23/h3-6,14H,2,7-13H2,1H3,(H,22,23). The van der Waals surface area contributed by atoms with Crippen molar-refractivity contribution < 1.29 is 19.1 Å². The van der Waals surface area contributed by atoms with E-state index in [4.69, 9.17) is 9.15 Å². The average Bonchev–Trinajstić information content (AvgIpc) is 3.19. The van der Waals surface area contributed by atoms with Gasteiger partial charge in [0.15, 0.2) is 0 Å². The summed E-state index contributed by atoms with van der Waals surface area (Å²) in [6.45, 7) is 5.26. The Kier molecular flexibility index (Phi) is 4.29. The quantitative estimate of drug-likeness (QED) is 0.921. The monoisotopic (exact) mass is 343 g/mol. The van der Waals surface area contributed by atoms with E-state index in [9.17, 15) is 9.90 Å². The van der Waals surface area contributed by atoms with Crippen molar-refractivity contribution in [2.45, 2.75) is 44.8 Å². The van der Waals surface area contributed by atoms with Gasteiger partial charge in [-0.15, -0.1) is 0 Å². The van der Waals surface area contributed by atoms with Gasteiger partial charge in [-0.3, -0.25) is 9.69 Å². The number of carbonyl (C=O) groups is 1. The van der Waals surface area contributed by atoms with Gasteiger partial charge in [-0.1, -0.05) is 25.1 Å². The number of aryl methyl sites for hydroxylation is 1. The van der Waals surface area contributed by atoms with Gasteiger partial charge in [0.25, 0.3) is 0 Å².